The minimum absolute atomic E-state index is 0.182. The van der Waals surface area contributed by atoms with E-state index in [4.69, 9.17) is 4.74 Å². The molecule has 4 aliphatic carbocycles. The molecule has 0 unspecified atom stereocenters. The summed E-state index contributed by atoms with van der Waals surface area (Å²) in [5.74, 6) is -2.08. The first-order chi connectivity index (χ1) is 14.5. The molecular weight excluding hydrogens is 408 g/mol. The SMILES string of the molecule is COC(=O)[C@@]12C(=O)[C@@](C)(O)C(=O)[C@]1(C)C(C)=C[C@H]1[C@]3(C)CC[C@@H](O)C(C)(C)[C@H]3CC[C@@]12C. The van der Waals surface area contributed by atoms with Crippen LogP contribution in [0.5, 0.6) is 0 Å². The van der Waals surface area contributed by atoms with Gasteiger partial charge in [-0.05, 0) is 74.5 Å². The molecular formula is C26H38O6. The number of aliphatic hydroxyl groups excluding tert-OH is 1. The van der Waals surface area contributed by atoms with Crippen LogP contribution < -0.4 is 0 Å². The van der Waals surface area contributed by atoms with Crippen LogP contribution in [0.4, 0.5) is 0 Å². The van der Waals surface area contributed by atoms with Crippen LogP contribution in [0.3, 0.4) is 0 Å². The number of allylic oxidation sites excluding steroid dienone is 2. The second kappa shape index (κ2) is 6.32. The molecule has 0 heterocycles. The van der Waals surface area contributed by atoms with E-state index in [-0.39, 0.29) is 22.7 Å². The van der Waals surface area contributed by atoms with E-state index in [1.54, 1.807) is 13.8 Å². The average Bonchev–Trinajstić information content (AvgIpc) is 2.84. The third kappa shape index (κ3) is 2.13. The Morgan fingerprint density at radius 1 is 1.03 bits per heavy atom. The Morgan fingerprint density at radius 3 is 2.19 bits per heavy atom. The lowest BCUT2D eigenvalue weighted by Gasteiger charge is -2.68. The average molecular weight is 447 g/mol. The molecule has 4 aliphatic rings. The van der Waals surface area contributed by atoms with E-state index in [1.807, 2.05) is 6.92 Å². The molecule has 178 valence electrons. The first-order valence-corrected chi connectivity index (χ1v) is 11.8. The van der Waals surface area contributed by atoms with Crippen molar-refractivity contribution >= 4 is 17.5 Å². The molecule has 8 atom stereocenters. The monoisotopic (exact) mass is 446 g/mol. The Hall–Kier alpha value is -1.53. The topological polar surface area (TPSA) is 101 Å². The van der Waals surface area contributed by atoms with Crippen molar-refractivity contribution in [1.29, 1.82) is 0 Å². The number of Topliss-reactive ketones (excluding diaryl/α,β-unsaturated/α-hetero) is 2. The number of hydrogen-bond acceptors (Lipinski definition) is 6. The van der Waals surface area contributed by atoms with Gasteiger partial charge in [0.1, 0.15) is 0 Å². The van der Waals surface area contributed by atoms with Crippen molar-refractivity contribution in [2.45, 2.75) is 85.9 Å². The molecule has 0 bridgehead atoms. The molecule has 0 aliphatic heterocycles. The van der Waals surface area contributed by atoms with Gasteiger partial charge in [-0.25, -0.2) is 0 Å². The minimum atomic E-state index is -2.25. The Balaban J connectivity index is 2.05. The summed E-state index contributed by atoms with van der Waals surface area (Å²) in [4.78, 5) is 41.3. The quantitative estimate of drug-likeness (QED) is 0.364. The number of carbonyl (C=O) groups excluding carboxylic acids is 3. The summed E-state index contributed by atoms with van der Waals surface area (Å²) in [6.45, 7) is 13.0. The number of fused-ring (bicyclic) bond motifs is 5. The maximum absolute atomic E-state index is 14.0. The predicted molar refractivity (Wildman–Crippen MR) is 118 cm³/mol. The van der Waals surface area contributed by atoms with E-state index in [9.17, 15) is 24.6 Å². The van der Waals surface area contributed by atoms with Crippen molar-refractivity contribution in [2.75, 3.05) is 7.11 Å². The highest BCUT2D eigenvalue weighted by Gasteiger charge is 2.85. The Labute approximate surface area is 190 Å². The van der Waals surface area contributed by atoms with Crippen molar-refractivity contribution < 1.29 is 29.3 Å². The molecule has 0 radical (unpaired) electrons. The summed E-state index contributed by atoms with van der Waals surface area (Å²) < 4.78 is 5.27. The van der Waals surface area contributed by atoms with Gasteiger partial charge in [0.2, 0.25) is 0 Å². The molecule has 0 aromatic carbocycles. The van der Waals surface area contributed by atoms with Gasteiger partial charge in [0.25, 0.3) is 0 Å². The van der Waals surface area contributed by atoms with Gasteiger partial charge in [0.15, 0.2) is 22.6 Å². The largest absolute Gasteiger partial charge is 0.468 e. The van der Waals surface area contributed by atoms with Crippen molar-refractivity contribution in [3.8, 4) is 0 Å². The van der Waals surface area contributed by atoms with Crippen LogP contribution in [0.1, 0.15) is 74.1 Å². The number of hydrogen-bond donors (Lipinski definition) is 2. The summed E-state index contributed by atoms with van der Waals surface area (Å²) in [7, 11) is 1.25. The van der Waals surface area contributed by atoms with Crippen LogP contribution in [0.25, 0.3) is 0 Å². The van der Waals surface area contributed by atoms with E-state index < -0.39 is 45.5 Å². The van der Waals surface area contributed by atoms with Crippen LogP contribution in [0.15, 0.2) is 11.6 Å². The summed E-state index contributed by atoms with van der Waals surface area (Å²) in [6, 6.07) is 0. The minimum Gasteiger partial charge on any atom is -0.468 e. The molecule has 6 nitrogen and oxygen atoms in total. The van der Waals surface area contributed by atoms with Crippen molar-refractivity contribution in [3.63, 3.8) is 0 Å². The van der Waals surface area contributed by atoms with E-state index >= 15 is 0 Å². The fourth-order valence-corrected chi connectivity index (χ4v) is 9.03. The molecule has 0 aromatic rings. The molecule has 0 amide bonds. The zero-order valence-corrected chi connectivity index (χ0v) is 20.7. The van der Waals surface area contributed by atoms with Crippen LogP contribution >= 0.6 is 0 Å². The van der Waals surface area contributed by atoms with Gasteiger partial charge in [0, 0.05) is 0 Å². The van der Waals surface area contributed by atoms with Crippen molar-refractivity contribution in [3.05, 3.63) is 11.6 Å². The predicted octanol–water partition coefficient (Wildman–Crippen LogP) is 3.23. The number of rotatable bonds is 1. The lowest BCUT2D eigenvalue weighted by Crippen LogP contribution is -2.69. The highest BCUT2D eigenvalue weighted by atomic mass is 16.5. The van der Waals surface area contributed by atoms with Gasteiger partial charge in [-0.3, -0.25) is 14.4 Å². The molecule has 2 N–H and O–H groups in total. The molecule has 4 rings (SSSR count). The zero-order chi connectivity index (χ0) is 24.3. The van der Waals surface area contributed by atoms with Crippen LogP contribution in [-0.2, 0) is 19.1 Å². The highest BCUT2D eigenvalue weighted by Crippen LogP contribution is 2.76. The summed E-state index contributed by atoms with van der Waals surface area (Å²) in [6.07, 6.45) is 4.35. The van der Waals surface area contributed by atoms with Gasteiger partial charge >= 0.3 is 5.97 Å². The van der Waals surface area contributed by atoms with E-state index in [0.29, 0.717) is 18.4 Å². The van der Waals surface area contributed by atoms with E-state index in [2.05, 4.69) is 26.8 Å². The fraction of sp³-hybridized carbons (Fsp3) is 0.808. The first-order valence-electron chi connectivity index (χ1n) is 11.8. The van der Waals surface area contributed by atoms with Crippen LogP contribution in [0, 0.1) is 38.9 Å². The fourth-order valence-electron chi connectivity index (χ4n) is 9.03. The molecule has 6 heteroatoms. The van der Waals surface area contributed by atoms with Crippen LogP contribution in [-0.4, -0.2) is 46.6 Å². The lowest BCUT2D eigenvalue weighted by atomic mass is 9.34. The number of methoxy groups -OCH3 is 1. The second-order valence-electron chi connectivity index (χ2n) is 12.3. The number of ether oxygens (including phenoxy) is 1. The number of carbonyl (C=O) groups is 3. The lowest BCUT2D eigenvalue weighted by molar-refractivity contribution is -0.214. The van der Waals surface area contributed by atoms with Gasteiger partial charge in [-0.1, -0.05) is 39.3 Å². The Bertz CT molecular complexity index is 946. The summed E-state index contributed by atoms with van der Waals surface area (Å²) >= 11 is 0. The standard InChI is InChI=1S/C26H38O6/c1-14-13-16-22(4)11-10-17(27)21(2,3)15(22)9-12-23(16,5)26(20(30)32-8)19(29)25(7,31)18(28)24(14,26)6/h13,15-17,27,31H,9-12H2,1-8H3/t15-,16+,17-,22-,23+,24+,25+,26-/m1/s1. The zero-order valence-electron chi connectivity index (χ0n) is 20.7. The van der Waals surface area contributed by atoms with Gasteiger partial charge in [0.05, 0.1) is 18.6 Å². The number of esters is 1. The molecule has 32 heavy (non-hydrogen) atoms. The van der Waals surface area contributed by atoms with Crippen LogP contribution in [0.2, 0.25) is 0 Å². The van der Waals surface area contributed by atoms with Crippen molar-refractivity contribution in [1.82, 2.24) is 0 Å². The Kier molecular flexibility index (Phi) is 4.67. The second-order valence-corrected chi connectivity index (χ2v) is 12.3. The van der Waals surface area contributed by atoms with Gasteiger partial charge < -0.3 is 14.9 Å². The third-order valence-corrected chi connectivity index (χ3v) is 10.8. The molecule has 0 aromatic heterocycles. The van der Waals surface area contributed by atoms with Gasteiger partial charge in [-0.2, -0.15) is 0 Å². The number of ketones is 2. The van der Waals surface area contributed by atoms with E-state index in [1.165, 1.54) is 14.0 Å². The van der Waals surface area contributed by atoms with Gasteiger partial charge in [-0.15, -0.1) is 0 Å². The van der Waals surface area contributed by atoms with Crippen molar-refractivity contribution in [2.24, 2.45) is 38.9 Å². The summed E-state index contributed by atoms with van der Waals surface area (Å²) in [5, 5.41) is 21.9. The maximum atomic E-state index is 14.0. The molecule has 3 saturated carbocycles. The first kappa shape index (κ1) is 23.6. The highest BCUT2D eigenvalue weighted by molar-refractivity contribution is 6.30. The maximum Gasteiger partial charge on any atom is 0.321 e. The normalized spacial score (nSPS) is 51.9. The molecule has 0 spiro atoms. The third-order valence-electron chi connectivity index (χ3n) is 10.8. The smallest absolute Gasteiger partial charge is 0.321 e. The van der Waals surface area contributed by atoms with E-state index in [0.717, 1.165) is 12.8 Å². The summed E-state index contributed by atoms with van der Waals surface area (Å²) in [5.41, 5.74) is -6.38. The molecule has 3 fully saturated rings. The molecule has 0 saturated heterocycles. The number of aliphatic hydroxyl groups is 2. The Morgan fingerprint density at radius 2 is 1.62 bits per heavy atom.